The maximum absolute atomic E-state index is 13.7. The molecule has 1 saturated carbocycles. The van der Waals surface area contributed by atoms with Crippen LogP contribution in [0.4, 0.5) is 4.39 Å². The number of benzene rings is 3. The van der Waals surface area contributed by atoms with Crippen molar-refractivity contribution >= 4 is 0 Å². The molecule has 1 fully saturated rings. The van der Waals surface area contributed by atoms with Gasteiger partial charge in [0.2, 0.25) is 0 Å². The second-order valence-electron chi connectivity index (χ2n) is 9.53. The summed E-state index contributed by atoms with van der Waals surface area (Å²) in [4.78, 5) is 0. The van der Waals surface area contributed by atoms with Crippen molar-refractivity contribution in [2.75, 3.05) is 6.61 Å². The van der Waals surface area contributed by atoms with Crippen LogP contribution in [0.3, 0.4) is 0 Å². The molecule has 0 aliphatic heterocycles. The van der Waals surface area contributed by atoms with Gasteiger partial charge in [0, 0.05) is 5.92 Å². The van der Waals surface area contributed by atoms with E-state index >= 15 is 0 Å². The Bertz CT molecular complexity index is 1110. The van der Waals surface area contributed by atoms with Crippen LogP contribution < -0.4 is 4.74 Å². The van der Waals surface area contributed by atoms with Crippen molar-refractivity contribution in [1.82, 2.24) is 0 Å². The molecule has 4 rings (SSSR count). The zero-order valence-corrected chi connectivity index (χ0v) is 20.4. The molecule has 34 heavy (non-hydrogen) atoms. The van der Waals surface area contributed by atoms with Crippen LogP contribution in [-0.2, 0) is 12.8 Å². The maximum atomic E-state index is 13.7. The Morgan fingerprint density at radius 2 is 1.50 bits per heavy atom. The van der Waals surface area contributed by atoms with E-state index < -0.39 is 0 Å². The van der Waals surface area contributed by atoms with Gasteiger partial charge in [-0.05, 0) is 92.7 Å². The highest BCUT2D eigenvalue weighted by Crippen LogP contribution is 2.35. The number of ether oxygens (including phenoxy) is 1. The first-order chi connectivity index (χ1) is 16.6. The third-order valence-electron chi connectivity index (χ3n) is 6.82. The maximum Gasteiger partial charge on any atom is 0.135 e. The predicted molar refractivity (Wildman–Crippen MR) is 139 cm³/mol. The van der Waals surface area contributed by atoms with Crippen molar-refractivity contribution in [2.45, 2.75) is 64.7 Å². The normalized spacial score (nSPS) is 17.6. The smallest absolute Gasteiger partial charge is 0.135 e. The van der Waals surface area contributed by atoms with Gasteiger partial charge in [0.1, 0.15) is 11.6 Å². The highest BCUT2D eigenvalue weighted by atomic mass is 19.1. The molecule has 0 saturated heterocycles. The van der Waals surface area contributed by atoms with Crippen molar-refractivity contribution in [1.29, 1.82) is 0 Å². The standard InChI is InChI=1S/C32H35FO/c1-3-22-34-32-21-20-31(33)23-30(32)19-14-27-12-17-29(18-13-27)28-15-10-26(11-16-28)9-8-25-6-4-24(2)5-7-25/h4-7,10-11,15-16,20-21,23,27,29H,3,8-9,12-13,17-18,22H2,1-2H3. The van der Waals surface area contributed by atoms with E-state index in [9.17, 15) is 4.39 Å². The van der Waals surface area contributed by atoms with Gasteiger partial charge in [0.15, 0.2) is 0 Å². The average Bonchev–Trinajstić information content (AvgIpc) is 2.87. The van der Waals surface area contributed by atoms with E-state index in [2.05, 4.69) is 74.2 Å². The van der Waals surface area contributed by atoms with E-state index in [0.29, 0.717) is 29.8 Å². The van der Waals surface area contributed by atoms with Crippen LogP contribution in [0.5, 0.6) is 5.75 Å². The predicted octanol–water partition coefficient (Wildman–Crippen LogP) is 8.03. The molecule has 0 N–H and O–H groups in total. The average molecular weight is 455 g/mol. The number of halogens is 1. The first-order valence-corrected chi connectivity index (χ1v) is 12.7. The third kappa shape index (κ3) is 6.73. The summed E-state index contributed by atoms with van der Waals surface area (Å²) >= 11 is 0. The zero-order valence-electron chi connectivity index (χ0n) is 20.4. The van der Waals surface area contributed by atoms with Crippen LogP contribution in [0, 0.1) is 30.5 Å². The summed E-state index contributed by atoms with van der Waals surface area (Å²) < 4.78 is 19.5. The lowest BCUT2D eigenvalue weighted by Crippen LogP contribution is -2.12. The zero-order chi connectivity index (χ0) is 23.8. The van der Waals surface area contributed by atoms with Gasteiger partial charge in [0.05, 0.1) is 12.2 Å². The molecule has 0 spiro atoms. The summed E-state index contributed by atoms with van der Waals surface area (Å²) in [5, 5.41) is 0. The van der Waals surface area contributed by atoms with E-state index in [1.165, 1.54) is 34.4 Å². The van der Waals surface area contributed by atoms with Gasteiger partial charge in [-0.1, -0.05) is 72.9 Å². The minimum absolute atomic E-state index is 0.265. The van der Waals surface area contributed by atoms with E-state index in [-0.39, 0.29) is 5.82 Å². The van der Waals surface area contributed by atoms with Gasteiger partial charge in [-0.3, -0.25) is 0 Å². The molecule has 1 aliphatic carbocycles. The quantitative estimate of drug-likeness (QED) is 0.328. The Kier molecular flexibility index (Phi) is 8.42. The molecule has 2 heteroatoms. The molecular weight excluding hydrogens is 419 g/mol. The summed E-state index contributed by atoms with van der Waals surface area (Å²) in [7, 11) is 0. The number of hydrogen-bond acceptors (Lipinski definition) is 1. The summed E-state index contributed by atoms with van der Waals surface area (Å²) in [6, 6.07) is 22.7. The van der Waals surface area contributed by atoms with Gasteiger partial charge in [-0.2, -0.15) is 0 Å². The highest BCUT2D eigenvalue weighted by molar-refractivity contribution is 5.46. The van der Waals surface area contributed by atoms with Crippen molar-refractivity contribution in [3.05, 3.63) is 100 Å². The van der Waals surface area contributed by atoms with Gasteiger partial charge in [-0.15, -0.1) is 0 Å². The number of hydrogen-bond donors (Lipinski definition) is 0. The first-order valence-electron chi connectivity index (χ1n) is 12.7. The molecule has 1 aliphatic rings. The Hall–Kier alpha value is -3.05. The Morgan fingerprint density at radius 3 is 2.15 bits per heavy atom. The first kappa shape index (κ1) is 24.1. The molecule has 0 unspecified atom stereocenters. The van der Waals surface area contributed by atoms with Crippen LogP contribution in [-0.4, -0.2) is 6.61 Å². The number of aryl methyl sites for hydroxylation is 3. The molecule has 0 heterocycles. The summed E-state index contributed by atoms with van der Waals surface area (Å²) in [6.07, 6.45) is 7.58. The Balaban J connectivity index is 1.30. The van der Waals surface area contributed by atoms with E-state index in [0.717, 1.165) is 44.9 Å². The third-order valence-corrected chi connectivity index (χ3v) is 6.82. The van der Waals surface area contributed by atoms with Crippen LogP contribution in [0.2, 0.25) is 0 Å². The summed E-state index contributed by atoms with van der Waals surface area (Å²) in [5.41, 5.74) is 6.23. The molecule has 176 valence electrons. The van der Waals surface area contributed by atoms with E-state index in [1.807, 2.05) is 0 Å². The molecule has 3 aromatic rings. The largest absolute Gasteiger partial charge is 0.492 e. The van der Waals surface area contributed by atoms with Gasteiger partial charge < -0.3 is 4.74 Å². The van der Waals surface area contributed by atoms with Crippen molar-refractivity contribution in [3.8, 4) is 17.6 Å². The topological polar surface area (TPSA) is 9.23 Å². The second kappa shape index (κ2) is 11.9. The lowest BCUT2D eigenvalue weighted by atomic mass is 9.78. The molecule has 0 atom stereocenters. The molecule has 1 nitrogen and oxygen atoms in total. The van der Waals surface area contributed by atoms with E-state index in [1.54, 1.807) is 6.07 Å². The molecule has 3 aromatic carbocycles. The minimum Gasteiger partial charge on any atom is -0.492 e. The molecular formula is C32H35FO. The van der Waals surface area contributed by atoms with Crippen LogP contribution >= 0.6 is 0 Å². The van der Waals surface area contributed by atoms with Crippen molar-refractivity contribution < 1.29 is 9.13 Å². The fraction of sp³-hybridized carbons (Fsp3) is 0.375. The van der Waals surface area contributed by atoms with Crippen LogP contribution in [0.1, 0.15) is 72.8 Å². The number of rotatable bonds is 7. The van der Waals surface area contributed by atoms with Gasteiger partial charge >= 0.3 is 0 Å². The Labute approximate surface area is 204 Å². The van der Waals surface area contributed by atoms with Crippen molar-refractivity contribution in [3.63, 3.8) is 0 Å². The highest BCUT2D eigenvalue weighted by Gasteiger charge is 2.21. The monoisotopic (exact) mass is 454 g/mol. The molecule has 0 bridgehead atoms. The van der Waals surface area contributed by atoms with Gasteiger partial charge in [-0.25, -0.2) is 4.39 Å². The van der Waals surface area contributed by atoms with E-state index in [4.69, 9.17) is 4.74 Å². The molecule has 0 radical (unpaired) electrons. The van der Waals surface area contributed by atoms with Crippen LogP contribution in [0.25, 0.3) is 0 Å². The Morgan fingerprint density at radius 1 is 0.853 bits per heavy atom. The second-order valence-corrected chi connectivity index (χ2v) is 9.53. The fourth-order valence-electron chi connectivity index (χ4n) is 4.69. The van der Waals surface area contributed by atoms with Crippen molar-refractivity contribution in [2.24, 2.45) is 5.92 Å². The summed E-state index contributed by atoms with van der Waals surface area (Å²) in [5.74, 6) is 8.02. The molecule has 0 amide bonds. The SMILES string of the molecule is CCCOc1ccc(F)cc1C#CC1CCC(c2ccc(CCc3ccc(C)cc3)cc2)CC1. The fourth-order valence-corrected chi connectivity index (χ4v) is 4.69. The minimum atomic E-state index is -0.265. The van der Waals surface area contributed by atoms with Crippen LogP contribution in [0.15, 0.2) is 66.7 Å². The van der Waals surface area contributed by atoms with Gasteiger partial charge in [0.25, 0.3) is 0 Å². The summed E-state index contributed by atoms with van der Waals surface area (Å²) in [6.45, 7) is 4.81. The lowest BCUT2D eigenvalue weighted by Gasteiger charge is -2.26. The molecule has 0 aromatic heterocycles. The lowest BCUT2D eigenvalue weighted by molar-refractivity contribution is 0.316.